The second-order valence-electron chi connectivity index (χ2n) is 8.49. The van der Waals surface area contributed by atoms with Crippen LogP contribution in [0.2, 0.25) is 0 Å². The summed E-state index contributed by atoms with van der Waals surface area (Å²) in [7, 11) is 0. The first-order valence-electron chi connectivity index (χ1n) is 10.4. The number of rotatable bonds is 7. The zero-order valence-electron chi connectivity index (χ0n) is 18.9. The van der Waals surface area contributed by atoms with Gasteiger partial charge in [0, 0.05) is 11.2 Å². The molecule has 1 atom stereocenters. The maximum Gasteiger partial charge on any atom is 0.273 e. The van der Waals surface area contributed by atoms with Gasteiger partial charge in [-0.3, -0.25) is 19.3 Å². The van der Waals surface area contributed by atoms with Gasteiger partial charge in [0.25, 0.3) is 17.7 Å². The van der Waals surface area contributed by atoms with Crippen LogP contribution >= 0.6 is 11.5 Å². The topological polar surface area (TPSA) is 145 Å². The van der Waals surface area contributed by atoms with Crippen LogP contribution in [0.1, 0.15) is 65.2 Å². The molecule has 0 bridgehead atoms. The number of furan rings is 1. The number of aromatic nitrogens is 1. The lowest BCUT2D eigenvalue weighted by Gasteiger charge is -2.32. The molecule has 10 heteroatoms. The van der Waals surface area contributed by atoms with Crippen LogP contribution in [-0.2, 0) is 11.2 Å². The maximum absolute atomic E-state index is 13.8. The van der Waals surface area contributed by atoms with Crippen molar-refractivity contribution in [2.45, 2.75) is 45.7 Å². The molecular formula is C23H27N5O4S. The lowest BCUT2D eigenvalue weighted by atomic mass is 10.0. The van der Waals surface area contributed by atoms with Crippen molar-refractivity contribution >= 4 is 40.6 Å². The number of nitrogens with one attached hydrogen (secondary N) is 1. The Morgan fingerprint density at radius 3 is 2.33 bits per heavy atom. The summed E-state index contributed by atoms with van der Waals surface area (Å²) in [6.07, 6.45) is 2.24. The number of primary amides is 1. The third-order valence-corrected chi connectivity index (χ3v) is 5.67. The van der Waals surface area contributed by atoms with Gasteiger partial charge in [-0.25, -0.2) is 0 Å². The Morgan fingerprint density at radius 2 is 1.85 bits per heavy atom. The van der Waals surface area contributed by atoms with E-state index in [1.807, 2.05) is 39.8 Å². The Hall–Kier alpha value is -3.66. The van der Waals surface area contributed by atoms with Crippen molar-refractivity contribution in [3.63, 3.8) is 0 Å². The van der Waals surface area contributed by atoms with E-state index in [0.717, 1.165) is 23.5 Å². The van der Waals surface area contributed by atoms with Crippen molar-refractivity contribution < 1.29 is 18.8 Å². The minimum Gasteiger partial charge on any atom is -0.467 e. The zero-order valence-corrected chi connectivity index (χ0v) is 19.7. The average Bonchev–Trinajstić information content (AvgIpc) is 3.40. The van der Waals surface area contributed by atoms with Gasteiger partial charge in [-0.1, -0.05) is 19.1 Å². The van der Waals surface area contributed by atoms with Crippen molar-refractivity contribution in [2.75, 3.05) is 10.6 Å². The van der Waals surface area contributed by atoms with Crippen molar-refractivity contribution in [2.24, 2.45) is 5.73 Å². The number of amides is 3. The number of benzene rings is 1. The van der Waals surface area contributed by atoms with Gasteiger partial charge in [-0.15, -0.1) is 0 Å². The second kappa shape index (κ2) is 9.45. The predicted molar refractivity (Wildman–Crippen MR) is 127 cm³/mol. The molecule has 0 aliphatic heterocycles. The molecule has 0 saturated heterocycles. The largest absolute Gasteiger partial charge is 0.467 e. The minimum absolute atomic E-state index is 0.00322. The van der Waals surface area contributed by atoms with Crippen molar-refractivity contribution in [1.29, 1.82) is 0 Å². The first-order chi connectivity index (χ1) is 15.5. The van der Waals surface area contributed by atoms with E-state index in [0.29, 0.717) is 5.69 Å². The fraction of sp³-hybridized carbons (Fsp3) is 0.304. The van der Waals surface area contributed by atoms with Gasteiger partial charge >= 0.3 is 0 Å². The normalized spacial score (nSPS) is 12.2. The molecule has 0 fully saturated rings. The molecule has 174 valence electrons. The lowest BCUT2D eigenvalue weighted by Crippen LogP contribution is -2.49. The van der Waals surface area contributed by atoms with E-state index < -0.39 is 29.3 Å². The number of nitrogens with zero attached hydrogens (tertiary/aromatic N) is 2. The van der Waals surface area contributed by atoms with Crippen LogP contribution in [0, 0.1) is 0 Å². The van der Waals surface area contributed by atoms with E-state index in [-0.39, 0.29) is 22.0 Å². The molecule has 3 aromatic rings. The molecule has 33 heavy (non-hydrogen) atoms. The quantitative estimate of drug-likeness (QED) is 0.484. The lowest BCUT2D eigenvalue weighted by molar-refractivity contribution is -0.124. The number of nitrogen functional groups attached to an aromatic ring is 1. The molecule has 0 unspecified atom stereocenters. The highest BCUT2D eigenvalue weighted by molar-refractivity contribution is 7.09. The SMILES string of the molecule is CCc1ccc(N(C(=O)c2snc(C(N)=O)c2N)[C@@H](C(=O)NC(C)(C)C)c2ccco2)cc1. The van der Waals surface area contributed by atoms with Crippen molar-refractivity contribution in [3.8, 4) is 0 Å². The summed E-state index contributed by atoms with van der Waals surface area (Å²) in [5.41, 5.74) is 12.0. The number of hydrogen-bond donors (Lipinski definition) is 3. The minimum atomic E-state index is -1.14. The number of anilines is 2. The fourth-order valence-corrected chi connectivity index (χ4v) is 4.02. The summed E-state index contributed by atoms with van der Waals surface area (Å²) in [6.45, 7) is 7.54. The Balaban J connectivity index is 2.18. The Bertz CT molecular complexity index is 1150. The Labute approximate surface area is 195 Å². The van der Waals surface area contributed by atoms with E-state index in [2.05, 4.69) is 9.69 Å². The molecule has 9 nitrogen and oxygen atoms in total. The summed E-state index contributed by atoms with van der Waals surface area (Å²) in [5, 5.41) is 2.91. The average molecular weight is 470 g/mol. The first kappa shape index (κ1) is 24.0. The number of aryl methyl sites for hydroxylation is 1. The number of carbonyl (C=O) groups excluding carboxylic acids is 3. The molecular weight excluding hydrogens is 442 g/mol. The maximum atomic E-state index is 13.8. The second-order valence-corrected chi connectivity index (χ2v) is 9.26. The van der Waals surface area contributed by atoms with E-state index in [1.54, 1.807) is 24.3 Å². The molecule has 0 saturated carbocycles. The first-order valence-corrected chi connectivity index (χ1v) is 11.1. The summed E-state index contributed by atoms with van der Waals surface area (Å²) < 4.78 is 9.50. The number of nitrogens with two attached hydrogens (primary N) is 2. The van der Waals surface area contributed by atoms with Crippen LogP contribution in [0.4, 0.5) is 11.4 Å². The number of carbonyl (C=O) groups is 3. The highest BCUT2D eigenvalue weighted by Gasteiger charge is 2.38. The highest BCUT2D eigenvalue weighted by Crippen LogP contribution is 2.33. The van der Waals surface area contributed by atoms with Gasteiger partial charge in [0.1, 0.15) is 10.6 Å². The predicted octanol–water partition coefficient (Wildman–Crippen LogP) is 3.28. The zero-order chi connectivity index (χ0) is 24.3. The molecule has 0 aliphatic rings. The molecule has 0 radical (unpaired) electrons. The van der Waals surface area contributed by atoms with Crippen molar-refractivity contribution in [1.82, 2.24) is 9.69 Å². The van der Waals surface area contributed by atoms with Gasteiger partial charge < -0.3 is 21.2 Å². The van der Waals surface area contributed by atoms with E-state index in [9.17, 15) is 14.4 Å². The van der Waals surface area contributed by atoms with E-state index in [1.165, 1.54) is 11.2 Å². The van der Waals surface area contributed by atoms with Gasteiger partial charge in [0.05, 0.1) is 12.0 Å². The molecule has 2 heterocycles. The third-order valence-electron chi connectivity index (χ3n) is 4.81. The molecule has 3 amide bonds. The highest BCUT2D eigenvalue weighted by atomic mass is 32.1. The summed E-state index contributed by atoms with van der Waals surface area (Å²) in [6, 6.07) is 9.38. The number of hydrogen-bond acceptors (Lipinski definition) is 7. The van der Waals surface area contributed by atoms with Gasteiger partial charge in [0.2, 0.25) is 0 Å². The summed E-state index contributed by atoms with van der Waals surface area (Å²) >= 11 is 0.753. The van der Waals surface area contributed by atoms with Crippen LogP contribution in [0.15, 0.2) is 47.1 Å². The molecule has 3 rings (SSSR count). The van der Waals surface area contributed by atoms with Gasteiger partial charge in [-0.05, 0) is 68.6 Å². The molecule has 1 aromatic carbocycles. The molecule has 2 aromatic heterocycles. The molecule has 0 aliphatic carbocycles. The van der Waals surface area contributed by atoms with Crippen LogP contribution in [0.5, 0.6) is 0 Å². The summed E-state index contributed by atoms with van der Waals surface area (Å²) in [5.74, 6) is -1.62. The fourth-order valence-electron chi connectivity index (χ4n) is 3.27. The van der Waals surface area contributed by atoms with E-state index in [4.69, 9.17) is 15.9 Å². The van der Waals surface area contributed by atoms with Crippen LogP contribution in [-0.4, -0.2) is 27.6 Å². The van der Waals surface area contributed by atoms with Crippen LogP contribution in [0.25, 0.3) is 0 Å². The van der Waals surface area contributed by atoms with Crippen LogP contribution in [0.3, 0.4) is 0 Å². The smallest absolute Gasteiger partial charge is 0.273 e. The van der Waals surface area contributed by atoms with Gasteiger partial charge in [-0.2, -0.15) is 4.37 Å². The van der Waals surface area contributed by atoms with Crippen molar-refractivity contribution in [3.05, 3.63) is 64.6 Å². The Morgan fingerprint density at radius 1 is 1.18 bits per heavy atom. The van der Waals surface area contributed by atoms with E-state index >= 15 is 0 Å². The summed E-state index contributed by atoms with van der Waals surface area (Å²) in [4.78, 5) is 40.2. The van der Waals surface area contributed by atoms with Crippen LogP contribution < -0.4 is 21.7 Å². The van der Waals surface area contributed by atoms with Gasteiger partial charge in [0.15, 0.2) is 11.7 Å². The third kappa shape index (κ3) is 5.23. The molecule has 0 spiro atoms. The Kier molecular flexibility index (Phi) is 6.87. The monoisotopic (exact) mass is 469 g/mol. The standard InChI is InChI=1S/C23H27N5O4S/c1-5-13-8-10-14(11-9-13)28(22(31)19-16(24)17(20(25)29)27-33-19)18(15-7-6-12-32-15)21(30)26-23(2,3)4/h6-12,18H,5,24H2,1-4H3,(H2,25,29)(H,26,30)/t18-/m1/s1. The molecule has 5 N–H and O–H groups in total.